The van der Waals surface area contributed by atoms with E-state index in [-0.39, 0.29) is 11.8 Å². The van der Waals surface area contributed by atoms with Gasteiger partial charge in [-0.15, -0.1) is 11.6 Å². The van der Waals surface area contributed by atoms with Gasteiger partial charge in [0.1, 0.15) is 0 Å². The molecule has 1 heterocycles. The maximum absolute atomic E-state index is 11.9. The van der Waals surface area contributed by atoms with Crippen LogP contribution in [0.2, 0.25) is 0 Å². The van der Waals surface area contributed by atoms with Crippen molar-refractivity contribution in [2.45, 2.75) is 19.8 Å². The van der Waals surface area contributed by atoms with Crippen LogP contribution in [-0.2, 0) is 4.79 Å². The van der Waals surface area contributed by atoms with Crippen LogP contribution in [0.25, 0.3) is 0 Å². The Morgan fingerprint density at radius 3 is 2.44 bits per heavy atom. The molecule has 94 valence electrons. The summed E-state index contributed by atoms with van der Waals surface area (Å²) in [6, 6.07) is 0. The van der Waals surface area contributed by atoms with Crippen LogP contribution < -0.4 is 0 Å². The lowest BCUT2D eigenvalue weighted by molar-refractivity contribution is -0.135. The van der Waals surface area contributed by atoms with E-state index in [1.165, 1.54) is 0 Å². The van der Waals surface area contributed by atoms with Gasteiger partial charge < -0.3 is 9.80 Å². The molecule has 0 aromatic rings. The van der Waals surface area contributed by atoms with E-state index in [0.717, 1.165) is 38.4 Å². The van der Waals surface area contributed by atoms with Crippen LogP contribution in [0, 0.1) is 11.8 Å². The van der Waals surface area contributed by atoms with E-state index in [4.69, 9.17) is 11.6 Å². The van der Waals surface area contributed by atoms with Crippen molar-refractivity contribution in [2.75, 3.05) is 39.6 Å². The number of halogens is 1. The van der Waals surface area contributed by atoms with Crippen molar-refractivity contribution in [2.24, 2.45) is 11.8 Å². The number of alkyl halides is 1. The molecule has 0 aromatic heterocycles. The molecule has 0 aliphatic carbocycles. The second-order valence-electron chi connectivity index (χ2n) is 5.09. The van der Waals surface area contributed by atoms with Crippen molar-refractivity contribution in [3.8, 4) is 0 Å². The van der Waals surface area contributed by atoms with Crippen molar-refractivity contribution in [3.63, 3.8) is 0 Å². The Morgan fingerprint density at radius 2 is 2.00 bits per heavy atom. The minimum absolute atomic E-state index is 0.0351. The summed E-state index contributed by atoms with van der Waals surface area (Å²) in [4.78, 5) is 16.1. The first kappa shape index (κ1) is 13.8. The van der Waals surface area contributed by atoms with Crippen molar-refractivity contribution in [1.29, 1.82) is 0 Å². The number of piperidine rings is 1. The van der Waals surface area contributed by atoms with Crippen LogP contribution in [-0.4, -0.2) is 55.3 Å². The first-order chi connectivity index (χ1) is 7.54. The van der Waals surface area contributed by atoms with Crippen LogP contribution in [0.1, 0.15) is 19.8 Å². The zero-order chi connectivity index (χ0) is 12.1. The van der Waals surface area contributed by atoms with E-state index in [2.05, 4.69) is 19.0 Å². The van der Waals surface area contributed by atoms with Crippen LogP contribution in [0.4, 0.5) is 0 Å². The second kappa shape index (κ2) is 6.45. The molecular weight excluding hydrogens is 224 g/mol. The topological polar surface area (TPSA) is 23.6 Å². The van der Waals surface area contributed by atoms with Crippen LogP contribution in [0.3, 0.4) is 0 Å². The van der Waals surface area contributed by atoms with Gasteiger partial charge in [0.25, 0.3) is 0 Å². The van der Waals surface area contributed by atoms with E-state index in [9.17, 15) is 4.79 Å². The van der Waals surface area contributed by atoms with Gasteiger partial charge in [0.15, 0.2) is 0 Å². The van der Waals surface area contributed by atoms with Gasteiger partial charge in [0.05, 0.1) is 0 Å². The largest absolute Gasteiger partial charge is 0.342 e. The molecule has 3 nitrogen and oxygen atoms in total. The summed E-state index contributed by atoms with van der Waals surface area (Å²) >= 11 is 5.71. The smallest absolute Gasteiger partial charge is 0.226 e. The first-order valence-electron chi connectivity index (χ1n) is 6.04. The van der Waals surface area contributed by atoms with Gasteiger partial charge >= 0.3 is 0 Å². The second-order valence-corrected chi connectivity index (χ2v) is 5.39. The van der Waals surface area contributed by atoms with E-state index in [1.54, 1.807) is 0 Å². The highest BCUT2D eigenvalue weighted by Crippen LogP contribution is 2.19. The van der Waals surface area contributed by atoms with Gasteiger partial charge in [0, 0.05) is 31.4 Å². The average Bonchev–Trinajstić information content (AvgIpc) is 2.27. The van der Waals surface area contributed by atoms with Gasteiger partial charge in [-0.2, -0.15) is 0 Å². The molecular formula is C12H23ClN2O. The molecule has 1 rings (SSSR count). The Kier molecular flexibility index (Phi) is 5.56. The van der Waals surface area contributed by atoms with Crippen molar-refractivity contribution < 1.29 is 4.79 Å². The Labute approximate surface area is 104 Å². The minimum Gasteiger partial charge on any atom is -0.342 e. The predicted octanol–water partition coefficient (Wildman–Crippen LogP) is 1.66. The summed E-state index contributed by atoms with van der Waals surface area (Å²) in [5.74, 6) is 1.35. The monoisotopic (exact) mass is 246 g/mol. The van der Waals surface area contributed by atoms with E-state index >= 15 is 0 Å². The Bertz CT molecular complexity index is 225. The quantitative estimate of drug-likeness (QED) is 0.705. The Balaban J connectivity index is 2.34. The zero-order valence-electron chi connectivity index (χ0n) is 10.6. The Hall–Kier alpha value is -0.280. The highest BCUT2D eigenvalue weighted by atomic mass is 35.5. The number of carbonyl (C=O) groups excluding carboxylic acids is 1. The van der Waals surface area contributed by atoms with Gasteiger partial charge in [-0.05, 0) is 32.9 Å². The molecule has 0 saturated carbocycles. The fourth-order valence-corrected chi connectivity index (χ4v) is 2.36. The molecule has 1 aliphatic heterocycles. The third-order valence-corrected chi connectivity index (χ3v) is 3.67. The SMILES string of the molecule is CC(CCl)C(=O)N1CCC(CN(C)C)CC1. The number of likely N-dealkylation sites (tertiary alicyclic amines) is 1. The highest BCUT2D eigenvalue weighted by molar-refractivity contribution is 6.19. The van der Waals surface area contributed by atoms with Crippen LogP contribution in [0.5, 0.6) is 0 Å². The number of amides is 1. The molecule has 0 N–H and O–H groups in total. The number of carbonyl (C=O) groups is 1. The number of hydrogen-bond donors (Lipinski definition) is 0. The van der Waals surface area contributed by atoms with Crippen molar-refractivity contribution in [3.05, 3.63) is 0 Å². The van der Waals surface area contributed by atoms with Gasteiger partial charge in [-0.3, -0.25) is 4.79 Å². The number of rotatable bonds is 4. The van der Waals surface area contributed by atoms with Crippen LogP contribution >= 0.6 is 11.6 Å². The molecule has 1 atom stereocenters. The molecule has 0 bridgehead atoms. The molecule has 1 fully saturated rings. The number of hydrogen-bond acceptors (Lipinski definition) is 2. The minimum atomic E-state index is -0.0351. The summed E-state index contributed by atoms with van der Waals surface area (Å²) in [5, 5.41) is 0. The maximum Gasteiger partial charge on any atom is 0.226 e. The van der Waals surface area contributed by atoms with Gasteiger partial charge in [0.2, 0.25) is 5.91 Å². The van der Waals surface area contributed by atoms with Gasteiger partial charge in [-0.25, -0.2) is 0 Å². The van der Waals surface area contributed by atoms with E-state index < -0.39 is 0 Å². The molecule has 1 unspecified atom stereocenters. The molecule has 4 heteroatoms. The first-order valence-corrected chi connectivity index (χ1v) is 6.57. The van der Waals surface area contributed by atoms with E-state index in [1.807, 2.05) is 11.8 Å². The summed E-state index contributed by atoms with van der Waals surface area (Å²) in [5.41, 5.74) is 0. The standard InChI is InChI=1S/C12H23ClN2O/c1-10(8-13)12(16)15-6-4-11(5-7-15)9-14(2)3/h10-11H,4-9H2,1-3H3. The summed E-state index contributed by atoms with van der Waals surface area (Å²) < 4.78 is 0. The average molecular weight is 247 g/mol. The fourth-order valence-electron chi connectivity index (χ4n) is 2.23. The van der Waals surface area contributed by atoms with E-state index in [0.29, 0.717) is 5.88 Å². The lowest BCUT2D eigenvalue weighted by Gasteiger charge is -2.34. The lowest BCUT2D eigenvalue weighted by atomic mass is 9.95. The fraction of sp³-hybridized carbons (Fsp3) is 0.917. The molecule has 0 aromatic carbocycles. The maximum atomic E-state index is 11.9. The lowest BCUT2D eigenvalue weighted by Crippen LogP contribution is -2.43. The zero-order valence-corrected chi connectivity index (χ0v) is 11.3. The van der Waals surface area contributed by atoms with Crippen LogP contribution in [0.15, 0.2) is 0 Å². The summed E-state index contributed by atoms with van der Waals surface area (Å²) in [6.07, 6.45) is 2.25. The molecule has 16 heavy (non-hydrogen) atoms. The highest BCUT2D eigenvalue weighted by Gasteiger charge is 2.25. The van der Waals surface area contributed by atoms with Gasteiger partial charge in [-0.1, -0.05) is 6.92 Å². The van der Waals surface area contributed by atoms with Crippen molar-refractivity contribution >= 4 is 17.5 Å². The molecule has 1 aliphatic rings. The predicted molar refractivity (Wildman–Crippen MR) is 67.7 cm³/mol. The molecule has 1 saturated heterocycles. The third kappa shape index (κ3) is 3.95. The Morgan fingerprint density at radius 1 is 1.44 bits per heavy atom. The normalized spacial score (nSPS) is 20.2. The molecule has 0 spiro atoms. The molecule has 0 radical (unpaired) electrons. The molecule has 1 amide bonds. The third-order valence-electron chi connectivity index (χ3n) is 3.20. The van der Waals surface area contributed by atoms with Crippen molar-refractivity contribution in [1.82, 2.24) is 9.80 Å². The summed E-state index contributed by atoms with van der Waals surface area (Å²) in [6.45, 7) is 4.84. The number of nitrogens with zero attached hydrogens (tertiary/aromatic N) is 2. The summed E-state index contributed by atoms with van der Waals surface area (Å²) in [7, 11) is 4.21.